The molecule has 0 aliphatic heterocycles. The number of hydrogen-bond acceptors (Lipinski definition) is 2. The van der Waals surface area contributed by atoms with E-state index in [1.165, 1.54) is 43.5 Å². The van der Waals surface area contributed by atoms with Crippen LogP contribution in [0.25, 0.3) is 0 Å². The van der Waals surface area contributed by atoms with Crippen molar-refractivity contribution in [3.05, 3.63) is 62.9 Å². The predicted octanol–water partition coefficient (Wildman–Crippen LogP) is 6.00. The summed E-state index contributed by atoms with van der Waals surface area (Å²) < 4.78 is 14.4. The van der Waals surface area contributed by atoms with E-state index in [0.717, 1.165) is 12.8 Å². The molecule has 3 rings (SSSR count). The summed E-state index contributed by atoms with van der Waals surface area (Å²) in [6.07, 6.45) is 5.81. The lowest BCUT2D eigenvalue weighted by Crippen LogP contribution is -2.31. The van der Waals surface area contributed by atoms with Gasteiger partial charge in [-0.1, -0.05) is 48.5 Å². The van der Waals surface area contributed by atoms with E-state index >= 15 is 0 Å². The van der Waals surface area contributed by atoms with Gasteiger partial charge in [0.2, 0.25) is 0 Å². The highest BCUT2D eigenvalue weighted by atomic mass is 35.5. The Hall–Kier alpha value is -2.11. The van der Waals surface area contributed by atoms with Crippen LogP contribution in [0.3, 0.4) is 0 Å². The fraction of sp³-hybridized carbons (Fsp3) is 0.364. The van der Waals surface area contributed by atoms with Gasteiger partial charge >= 0.3 is 0 Å². The Morgan fingerprint density at radius 1 is 1.07 bits per heavy atom. The van der Waals surface area contributed by atoms with Gasteiger partial charge in [-0.25, -0.2) is 4.39 Å². The van der Waals surface area contributed by atoms with Gasteiger partial charge in [-0.15, -0.1) is 0 Å². The molecule has 2 N–H and O–H groups in total. The Balaban J connectivity index is 1.79. The Morgan fingerprint density at radius 2 is 1.79 bits per heavy atom. The number of rotatable bonds is 5. The molecule has 29 heavy (non-hydrogen) atoms. The van der Waals surface area contributed by atoms with E-state index in [1.54, 1.807) is 13.0 Å². The van der Waals surface area contributed by atoms with E-state index in [9.17, 15) is 14.0 Å². The van der Waals surface area contributed by atoms with Crippen LogP contribution in [-0.4, -0.2) is 18.4 Å². The highest BCUT2D eigenvalue weighted by Crippen LogP contribution is 2.26. The topological polar surface area (TPSA) is 58.2 Å². The van der Waals surface area contributed by atoms with Crippen LogP contribution in [0.5, 0.6) is 0 Å². The highest BCUT2D eigenvalue weighted by Gasteiger charge is 2.21. The third kappa shape index (κ3) is 5.28. The molecule has 1 saturated carbocycles. The second-order valence-electron chi connectivity index (χ2n) is 7.41. The maximum Gasteiger partial charge on any atom is 0.260 e. The minimum atomic E-state index is -0.722. The number of anilines is 1. The number of nitrogens with one attached hydrogen (secondary N) is 2. The summed E-state index contributed by atoms with van der Waals surface area (Å²) in [5.74, 6) is -1.28. The van der Waals surface area contributed by atoms with Crippen LogP contribution < -0.4 is 10.6 Å². The molecule has 2 aromatic rings. The normalized spacial score (nSPS) is 14.5. The van der Waals surface area contributed by atoms with Gasteiger partial charge in [0.05, 0.1) is 21.8 Å². The van der Waals surface area contributed by atoms with Crippen molar-refractivity contribution in [2.75, 3.05) is 11.9 Å². The van der Waals surface area contributed by atoms with E-state index in [2.05, 4.69) is 10.6 Å². The first-order valence-corrected chi connectivity index (χ1v) is 10.5. The summed E-state index contributed by atoms with van der Waals surface area (Å²) in [6, 6.07) is 7.54. The summed E-state index contributed by atoms with van der Waals surface area (Å²) in [6.45, 7) is 2.13. The highest BCUT2D eigenvalue weighted by molar-refractivity contribution is 6.34. The molecule has 1 fully saturated rings. The molecule has 1 aliphatic carbocycles. The fourth-order valence-electron chi connectivity index (χ4n) is 3.59. The molecule has 1 aliphatic rings. The van der Waals surface area contributed by atoms with Crippen molar-refractivity contribution < 1.29 is 14.0 Å². The summed E-state index contributed by atoms with van der Waals surface area (Å²) in [4.78, 5) is 25.4. The van der Waals surface area contributed by atoms with Gasteiger partial charge in [-0.05, 0) is 55.5 Å². The van der Waals surface area contributed by atoms with Gasteiger partial charge in [0.15, 0.2) is 0 Å². The molecular weight excluding hydrogens is 414 g/mol. The molecule has 0 heterocycles. The Bertz CT molecular complexity index is 927. The van der Waals surface area contributed by atoms with Crippen molar-refractivity contribution in [2.45, 2.75) is 39.0 Å². The second kappa shape index (κ2) is 9.59. The molecule has 7 heteroatoms. The zero-order valence-electron chi connectivity index (χ0n) is 16.2. The summed E-state index contributed by atoms with van der Waals surface area (Å²) >= 11 is 12.1. The van der Waals surface area contributed by atoms with Gasteiger partial charge in [0.1, 0.15) is 5.82 Å². The molecule has 0 atom stereocenters. The Labute approximate surface area is 179 Å². The maximum absolute atomic E-state index is 14.4. The smallest absolute Gasteiger partial charge is 0.260 e. The first-order valence-electron chi connectivity index (χ1n) is 9.70. The van der Waals surface area contributed by atoms with Gasteiger partial charge in [-0.3, -0.25) is 9.59 Å². The SMILES string of the molecule is Cc1ccc(Cl)c(C(=O)Nc2ccc(Cl)cc2C(=O)NCC2CCCCC2)c1F. The zero-order chi connectivity index (χ0) is 21.0. The van der Waals surface area contributed by atoms with Crippen LogP contribution in [0.15, 0.2) is 30.3 Å². The number of hydrogen-bond donors (Lipinski definition) is 2. The van der Waals surface area contributed by atoms with Gasteiger partial charge in [-0.2, -0.15) is 0 Å². The van der Waals surface area contributed by atoms with Crippen molar-refractivity contribution in [2.24, 2.45) is 5.92 Å². The van der Waals surface area contributed by atoms with Crippen LogP contribution in [0.2, 0.25) is 10.0 Å². The first-order chi connectivity index (χ1) is 13.9. The van der Waals surface area contributed by atoms with Crippen LogP contribution >= 0.6 is 23.2 Å². The van der Waals surface area contributed by atoms with Crippen molar-refractivity contribution >= 4 is 40.7 Å². The van der Waals surface area contributed by atoms with Crippen molar-refractivity contribution in [1.82, 2.24) is 5.32 Å². The lowest BCUT2D eigenvalue weighted by molar-refractivity contribution is 0.0944. The van der Waals surface area contributed by atoms with Crippen LogP contribution in [-0.2, 0) is 0 Å². The lowest BCUT2D eigenvalue weighted by Gasteiger charge is -2.22. The van der Waals surface area contributed by atoms with Crippen molar-refractivity contribution in [1.29, 1.82) is 0 Å². The van der Waals surface area contributed by atoms with Crippen molar-refractivity contribution in [3.63, 3.8) is 0 Å². The molecule has 154 valence electrons. The summed E-state index contributed by atoms with van der Waals surface area (Å²) in [5.41, 5.74) is 0.527. The molecule has 0 bridgehead atoms. The van der Waals surface area contributed by atoms with Crippen LogP contribution in [0, 0.1) is 18.7 Å². The van der Waals surface area contributed by atoms with Crippen LogP contribution in [0.4, 0.5) is 10.1 Å². The molecule has 0 spiro atoms. The predicted molar refractivity (Wildman–Crippen MR) is 114 cm³/mol. The maximum atomic E-state index is 14.4. The fourth-order valence-corrected chi connectivity index (χ4v) is 3.99. The minimum absolute atomic E-state index is 0.00265. The Morgan fingerprint density at radius 3 is 2.52 bits per heavy atom. The molecule has 2 aromatic carbocycles. The summed E-state index contributed by atoms with van der Waals surface area (Å²) in [5, 5.41) is 5.90. The van der Waals surface area contributed by atoms with Crippen LogP contribution in [0.1, 0.15) is 58.4 Å². The average molecular weight is 437 g/mol. The van der Waals surface area contributed by atoms with E-state index < -0.39 is 11.7 Å². The molecule has 0 radical (unpaired) electrons. The van der Waals surface area contributed by atoms with Gasteiger partial charge < -0.3 is 10.6 Å². The van der Waals surface area contributed by atoms with Gasteiger partial charge in [0.25, 0.3) is 11.8 Å². The summed E-state index contributed by atoms with van der Waals surface area (Å²) in [7, 11) is 0. The zero-order valence-corrected chi connectivity index (χ0v) is 17.7. The largest absolute Gasteiger partial charge is 0.352 e. The van der Waals surface area contributed by atoms with Crippen molar-refractivity contribution in [3.8, 4) is 0 Å². The number of benzene rings is 2. The minimum Gasteiger partial charge on any atom is -0.352 e. The number of carbonyl (C=O) groups excluding carboxylic acids is 2. The Kier molecular flexibility index (Phi) is 7.14. The number of carbonyl (C=O) groups is 2. The molecule has 2 amide bonds. The third-order valence-electron chi connectivity index (χ3n) is 5.26. The first kappa shape index (κ1) is 21.6. The molecular formula is C22H23Cl2FN2O2. The standard InChI is InChI=1S/C22H23Cl2FN2O2/c1-13-7-9-17(24)19(20(13)25)22(29)27-18-10-8-15(23)11-16(18)21(28)26-12-14-5-3-2-4-6-14/h7-11,14H,2-6,12H2,1H3,(H,26,28)(H,27,29). The average Bonchev–Trinajstić information content (AvgIpc) is 2.71. The monoisotopic (exact) mass is 436 g/mol. The second-order valence-corrected chi connectivity index (χ2v) is 8.25. The third-order valence-corrected chi connectivity index (χ3v) is 5.81. The molecule has 0 aromatic heterocycles. The lowest BCUT2D eigenvalue weighted by atomic mass is 9.89. The quantitative estimate of drug-likeness (QED) is 0.603. The molecule has 0 saturated heterocycles. The van der Waals surface area contributed by atoms with E-state index in [1.807, 2.05) is 0 Å². The number of aryl methyl sites for hydroxylation is 1. The van der Waals surface area contributed by atoms with Gasteiger partial charge in [0, 0.05) is 11.6 Å². The number of amides is 2. The number of halogens is 3. The molecule has 0 unspecified atom stereocenters. The van der Waals surface area contributed by atoms with E-state index in [0.29, 0.717) is 23.0 Å². The molecule has 4 nitrogen and oxygen atoms in total. The van der Waals surface area contributed by atoms with E-state index in [-0.39, 0.29) is 27.7 Å². The van der Waals surface area contributed by atoms with E-state index in [4.69, 9.17) is 23.2 Å².